The van der Waals surface area contributed by atoms with Crippen molar-refractivity contribution in [3.05, 3.63) is 58.1 Å². The van der Waals surface area contributed by atoms with Gasteiger partial charge in [0.2, 0.25) is 0 Å². The first-order valence-electron chi connectivity index (χ1n) is 6.45. The number of halogens is 1. The number of aromatic hydroxyl groups is 1. The van der Waals surface area contributed by atoms with Crippen LogP contribution in [0.1, 0.15) is 24.1 Å². The summed E-state index contributed by atoms with van der Waals surface area (Å²) in [5.74, 6) is 0.665. The highest BCUT2D eigenvalue weighted by atomic mass is 79.9. The van der Waals surface area contributed by atoms with Gasteiger partial charge in [0, 0.05) is 17.1 Å². The molecule has 0 heterocycles. The summed E-state index contributed by atoms with van der Waals surface area (Å²) >= 11 is 3.43. The molecular weight excluding hydrogens is 318 g/mol. The van der Waals surface area contributed by atoms with Gasteiger partial charge in [-0.2, -0.15) is 0 Å². The quantitative estimate of drug-likeness (QED) is 0.867. The smallest absolute Gasteiger partial charge is 0.160 e. The van der Waals surface area contributed by atoms with Gasteiger partial charge in [-0.05, 0) is 42.3 Å². The van der Waals surface area contributed by atoms with Gasteiger partial charge in [0.15, 0.2) is 11.5 Å². The average molecular weight is 336 g/mol. The first-order valence-corrected chi connectivity index (χ1v) is 7.24. The molecule has 0 saturated heterocycles. The van der Waals surface area contributed by atoms with Crippen molar-refractivity contribution >= 4 is 15.9 Å². The van der Waals surface area contributed by atoms with Gasteiger partial charge >= 0.3 is 0 Å². The summed E-state index contributed by atoms with van der Waals surface area (Å²) < 4.78 is 6.19. The highest BCUT2D eigenvalue weighted by Crippen LogP contribution is 2.26. The maximum Gasteiger partial charge on any atom is 0.160 e. The minimum Gasteiger partial charge on any atom is -0.504 e. The molecule has 2 rings (SSSR count). The number of phenols is 1. The number of ether oxygens (including phenoxy) is 1. The van der Waals surface area contributed by atoms with Crippen LogP contribution in [0.25, 0.3) is 0 Å². The highest BCUT2D eigenvalue weighted by Gasteiger charge is 2.06. The molecule has 0 amide bonds. The Morgan fingerprint density at radius 2 is 1.90 bits per heavy atom. The van der Waals surface area contributed by atoms with Crippen molar-refractivity contribution in [3.63, 3.8) is 0 Å². The van der Waals surface area contributed by atoms with E-state index in [1.54, 1.807) is 13.2 Å². The van der Waals surface area contributed by atoms with Crippen LogP contribution in [0.5, 0.6) is 11.5 Å². The van der Waals surface area contributed by atoms with E-state index in [9.17, 15) is 5.11 Å². The van der Waals surface area contributed by atoms with E-state index in [0.29, 0.717) is 12.3 Å². The molecule has 2 aromatic carbocycles. The molecule has 0 aromatic heterocycles. The maximum absolute atomic E-state index is 9.57. The molecule has 20 heavy (non-hydrogen) atoms. The Bertz CT molecular complexity index is 569. The summed E-state index contributed by atoms with van der Waals surface area (Å²) in [4.78, 5) is 0. The van der Waals surface area contributed by atoms with Crippen molar-refractivity contribution in [2.75, 3.05) is 7.11 Å². The van der Waals surface area contributed by atoms with Crippen molar-refractivity contribution in [2.24, 2.45) is 0 Å². The zero-order valence-corrected chi connectivity index (χ0v) is 13.1. The van der Waals surface area contributed by atoms with E-state index in [1.807, 2.05) is 24.3 Å². The van der Waals surface area contributed by atoms with Crippen molar-refractivity contribution in [1.82, 2.24) is 5.32 Å². The van der Waals surface area contributed by atoms with Crippen LogP contribution in [0, 0.1) is 0 Å². The van der Waals surface area contributed by atoms with Crippen LogP contribution in [0.3, 0.4) is 0 Å². The zero-order valence-electron chi connectivity index (χ0n) is 11.6. The Balaban J connectivity index is 1.99. The van der Waals surface area contributed by atoms with Gasteiger partial charge in [0.1, 0.15) is 0 Å². The molecule has 0 saturated carbocycles. The topological polar surface area (TPSA) is 41.5 Å². The number of nitrogens with one attached hydrogen (secondary N) is 1. The van der Waals surface area contributed by atoms with Crippen LogP contribution in [0.15, 0.2) is 46.9 Å². The number of phenolic OH excluding ortho intramolecular Hbond substituents is 1. The van der Waals surface area contributed by atoms with Gasteiger partial charge in [-0.1, -0.05) is 34.1 Å². The van der Waals surface area contributed by atoms with Gasteiger partial charge in [0.25, 0.3) is 0 Å². The molecule has 2 aromatic rings. The van der Waals surface area contributed by atoms with E-state index in [1.165, 1.54) is 5.56 Å². The van der Waals surface area contributed by atoms with Crippen molar-refractivity contribution in [3.8, 4) is 11.5 Å². The molecule has 0 bridgehead atoms. The van der Waals surface area contributed by atoms with Gasteiger partial charge < -0.3 is 15.2 Å². The first kappa shape index (κ1) is 14.9. The summed E-state index contributed by atoms with van der Waals surface area (Å²) in [6, 6.07) is 13.9. The zero-order chi connectivity index (χ0) is 14.5. The van der Waals surface area contributed by atoms with Crippen LogP contribution < -0.4 is 10.1 Å². The molecule has 3 nitrogen and oxygen atoms in total. The molecule has 0 fully saturated rings. The second-order valence-corrected chi connectivity index (χ2v) is 5.58. The largest absolute Gasteiger partial charge is 0.504 e. The number of methoxy groups -OCH3 is 1. The van der Waals surface area contributed by atoms with Crippen LogP contribution in [-0.4, -0.2) is 12.2 Å². The van der Waals surface area contributed by atoms with Crippen molar-refractivity contribution in [2.45, 2.75) is 19.5 Å². The minimum atomic E-state index is 0.164. The van der Waals surface area contributed by atoms with Crippen LogP contribution in [-0.2, 0) is 6.54 Å². The highest BCUT2D eigenvalue weighted by molar-refractivity contribution is 9.10. The second-order valence-electron chi connectivity index (χ2n) is 4.66. The normalized spacial score (nSPS) is 12.2. The van der Waals surface area contributed by atoms with Crippen LogP contribution in [0.4, 0.5) is 0 Å². The number of hydrogen-bond donors (Lipinski definition) is 2. The number of rotatable bonds is 5. The fourth-order valence-electron chi connectivity index (χ4n) is 1.97. The van der Waals surface area contributed by atoms with E-state index in [2.05, 4.69) is 40.3 Å². The Labute approximate surface area is 127 Å². The van der Waals surface area contributed by atoms with E-state index >= 15 is 0 Å². The van der Waals surface area contributed by atoms with Gasteiger partial charge in [0.05, 0.1) is 7.11 Å². The third-order valence-electron chi connectivity index (χ3n) is 3.23. The van der Waals surface area contributed by atoms with Crippen molar-refractivity contribution in [1.29, 1.82) is 0 Å². The Morgan fingerprint density at radius 1 is 1.20 bits per heavy atom. The fourth-order valence-corrected chi connectivity index (χ4v) is 2.24. The molecule has 0 aliphatic rings. The predicted octanol–water partition coefficient (Wildman–Crippen LogP) is 4.01. The van der Waals surface area contributed by atoms with Crippen LogP contribution >= 0.6 is 15.9 Å². The lowest BCUT2D eigenvalue weighted by Crippen LogP contribution is -2.18. The fraction of sp³-hybridized carbons (Fsp3) is 0.250. The minimum absolute atomic E-state index is 0.164. The lowest BCUT2D eigenvalue weighted by molar-refractivity contribution is 0.372. The van der Waals surface area contributed by atoms with E-state index < -0.39 is 0 Å². The third kappa shape index (κ3) is 3.74. The molecule has 4 heteroatoms. The first-order chi connectivity index (χ1) is 9.60. The van der Waals surface area contributed by atoms with Gasteiger partial charge in [-0.25, -0.2) is 0 Å². The van der Waals surface area contributed by atoms with E-state index in [0.717, 1.165) is 10.0 Å². The monoisotopic (exact) mass is 335 g/mol. The average Bonchev–Trinajstić information content (AvgIpc) is 2.46. The second kappa shape index (κ2) is 6.77. The van der Waals surface area contributed by atoms with Crippen LogP contribution in [0.2, 0.25) is 0 Å². The number of benzene rings is 2. The molecule has 0 aliphatic carbocycles. The Kier molecular flexibility index (Phi) is 5.04. The van der Waals surface area contributed by atoms with E-state index in [-0.39, 0.29) is 11.8 Å². The van der Waals surface area contributed by atoms with E-state index in [4.69, 9.17) is 4.74 Å². The maximum atomic E-state index is 9.57. The molecule has 0 spiro atoms. The summed E-state index contributed by atoms with van der Waals surface area (Å²) in [5.41, 5.74) is 2.31. The van der Waals surface area contributed by atoms with Gasteiger partial charge in [-0.3, -0.25) is 0 Å². The molecule has 0 unspecified atom stereocenters. The lowest BCUT2D eigenvalue weighted by Gasteiger charge is -2.15. The van der Waals surface area contributed by atoms with Crippen molar-refractivity contribution < 1.29 is 9.84 Å². The lowest BCUT2D eigenvalue weighted by atomic mass is 10.1. The summed E-state index contributed by atoms with van der Waals surface area (Å²) in [7, 11) is 1.55. The summed E-state index contributed by atoms with van der Waals surface area (Å²) in [6.45, 7) is 2.84. The molecule has 0 radical (unpaired) electrons. The number of hydrogen-bond acceptors (Lipinski definition) is 3. The molecule has 106 valence electrons. The molecule has 0 aliphatic heterocycles. The SMILES string of the molecule is COc1cc(CN[C@@H](C)c2ccc(Br)cc2)ccc1O. The Hall–Kier alpha value is -1.52. The van der Waals surface area contributed by atoms with Gasteiger partial charge in [-0.15, -0.1) is 0 Å². The summed E-state index contributed by atoms with van der Waals surface area (Å²) in [6.07, 6.45) is 0. The molecule has 2 N–H and O–H groups in total. The predicted molar refractivity (Wildman–Crippen MR) is 84.1 cm³/mol. The Morgan fingerprint density at radius 3 is 2.55 bits per heavy atom. The molecule has 1 atom stereocenters. The third-order valence-corrected chi connectivity index (χ3v) is 3.76. The molecular formula is C16H18BrNO2. The standard InChI is InChI=1S/C16H18BrNO2/c1-11(13-4-6-14(17)7-5-13)18-10-12-3-8-15(19)16(9-12)20-2/h3-9,11,18-19H,10H2,1-2H3/t11-/m0/s1. The summed E-state index contributed by atoms with van der Waals surface area (Å²) in [5, 5.41) is 13.0.